The van der Waals surface area contributed by atoms with Crippen LogP contribution in [0.4, 0.5) is 0 Å². The Hall–Kier alpha value is -1.10. The van der Waals surface area contributed by atoms with Gasteiger partial charge in [0.15, 0.2) is 0 Å². The third-order valence-corrected chi connectivity index (χ3v) is 0.882. The van der Waals surface area contributed by atoms with Gasteiger partial charge in [0.2, 0.25) is 0 Å². The molecular weight excluding hydrogens is 162 g/mol. The maximum absolute atomic E-state index is 9.70. The standard InChI is InChI=1S/C4H9NO2.C3H6O2/c5-3-1-2-4(6)7;1-3(4)5-2/h1-3,5H2,(H,6,7);1-2H3. The fraction of sp³-hybridized carbons (Fsp3) is 0.714. The summed E-state index contributed by atoms with van der Waals surface area (Å²) in [5.41, 5.74) is 5.01. The van der Waals surface area contributed by atoms with E-state index < -0.39 is 5.97 Å². The molecule has 0 amide bonds. The second-order valence-corrected chi connectivity index (χ2v) is 1.98. The minimum absolute atomic E-state index is 0.191. The second kappa shape index (κ2) is 9.90. The molecule has 5 nitrogen and oxygen atoms in total. The number of carboxylic acid groups (broad SMARTS) is 1. The number of nitrogens with two attached hydrogens (primary N) is 1. The molecule has 3 N–H and O–H groups in total. The van der Waals surface area contributed by atoms with Crippen LogP contribution in [0.2, 0.25) is 0 Å². The number of carbonyl (C=O) groups excluding carboxylic acids is 1. The first-order valence-corrected chi connectivity index (χ1v) is 3.51. The summed E-state index contributed by atoms with van der Waals surface area (Å²) in [6.07, 6.45) is 0.770. The Morgan fingerprint density at radius 1 is 1.50 bits per heavy atom. The predicted octanol–water partition coefficient (Wildman–Crippen LogP) is -0.0108. The monoisotopic (exact) mass is 177 g/mol. The fourth-order valence-electron chi connectivity index (χ4n) is 0.253. The molecule has 0 radical (unpaired) electrons. The molecule has 0 aromatic heterocycles. The van der Waals surface area contributed by atoms with Gasteiger partial charge in [0.1, 0.15) is 0 Å². The molecule has 0 bridgehead atoms. The van der Waals surface area contributed by atoms with Crippen molar-refractivity contribution in [2.24, 2.45) is 5.73 Å². The van der Waals surface area contributed by atoms with Crippen molar-refractivity contribution >= 4 is 11.9 Å². The lowest BCUT2D eigenvalue weighted by Gasteiger charge is -1.86. The van der Waals surface area contributed by atoms with Crippen LogP contribution in [-0.2, 0) is 14.3 Å². The SMILES string of the molecule is COC(C)=O.NCCCC(=O)O. The molecule has 0 atom stereocenters. The lowest BCUT2D eigenvalue weighted by atomic mass is 10.3. The first-order valence-electron chi connectivity index (χ1n) is 3.51. The van der Waals surface area contributed by atoms with E-state index in [1.807, 2.05) is 0 Å². The number of ether oxygens (including phenoxy) is 1. The Balaban J connectivity index is 0. The summed E-state index contributed by atoms with van der Waals surface area (Å²) in [6.45, 7) is 1.83. The molecule has 72 valence electrons. The van der Waals surface area contributed by atoms with Crippen LogP contribution in [0.5, 0.6) is 0 Å². The van der Waals surface area contributed by atoms with E-state index in [0.717, 1.165) is 0 Å². The number of rotatable bonds is 3. The van der Waals surface area contributed by atoms with E-state index in [-0.39, 0.29) is 12.4 Å². The molecule has 0 fully saturated rings. The molecule has 0 saturated carbocycles. The van der Waals surface area contributed by atoms with Crippen molar-refractivity contribution in [1.29, 1.82) is 0 Å². The normalized spacial score (nSPS) is 7.92. The molecule has 0 rings (SSSR count). The minimum Gasteiger partial charge on any atom is -0.481 e. The Bertz CT molecular complexity index is 135. The number of hydrogen-bond acceptors (Lipinski definition) is 4. The van der Waals surface area contributed by atoms with E-state index in [0.29, 0.717) is 13.0 Å². The van der Waals surface area contributed by atoms with E-state index >= 15 is 0 Å². The van der Waals surface area contributed by atoms with E-state index in [2.05, 4.69) is 4.74 Å². The Labute approximate surface area is 71.5 Å². The highest BCUT2D eigenvalue weighted by atomic mass is 16.5. The van der Waals surface area contributed by atoms with Crippen LogP contribution in [0.1, 0.15) is 19.8 Å². The number of aliphatic carboxylic acids is 1. The van der Waals surface area contributed by atoms with Crippen molar-refractivity contribution < 1.29 is 19.4 Å². The summed E-state index contributed by atoms with van der Waals surface area (Å²) in [4.78, 5) is 19.3. The van der Waals surface area contributed by atoms with Crippen molar-refractivity contribution in [2.75, 3.05) is 13.7 Å². The average Bonchev–Trinajstić information content (AvgIpc) is 2.02. The highest BCUT2D eigenvalue weighted by Gasteiger charge is 1.91. The van der Waals surface area contributed by atoms with Crippen LogP contribution in [0, 0.1) is 0 Å². The molecule has 0 saturated heterocycles. The first-order chi connectivity index (χ1) is 5.54. The molecule has 0 spiro atoms. The van der Waals surface area contributed by atoms with Gasteiger partial charge in [-0.2, -0.15) is 0 Å². The summed E-state index contributed by atoms with van der Waals surface area (Å²) >= 11 is 0. The van der Waals surface area contributed by atoms with Crippen LogP contribution in [0.3, 0.4) is 0 Å². The van der Waals surface area contributed by atoms with Crippen LogP contribution in [-0.4, -0.2) is 30.7 Å². The summed E-state index contributed by atoms with van der Waals surface area (Å²) in [7, 11) is 1.35. The van der Waals surface area contributed by atoms with Crippen molar-refractivity contribution in [3.63, 3.8) is 0 Å². The van der Waals surface area contributed by atoms with Crippen molar-refractivity contribution in [3.8, 4) is 0 Å². The number of methoxy groups -OCH3 is 1. The molecule has 0 aliphatic carbocycles. The van der Waals surface area contributed by atoms with Gasteiger partial charge in [-0.3, -0.25) is 9.59 Å². The molecule has 5 heteroatoms. The van der Waals surface area contributed by atoms with Crippen molar-refractivity contribution in [2.45, 2.75) is 19.8 Å². The molecule has 0 heterocycles. The summed E-state index contributed by atoms with van der Waals surface area (Å²) in [5.74, 6) is -1.02. The average molecular weight is 177 g/mol. The van der Waals surface area contributed by atoms with Crippen molar-refractivity contribution in [1.82, 2.24) is 0 Å². The highest BCUT2D eigenvalue weighted by molar-refractivity contribution is 5.66. The molecule has 0 aliphatic heterocycles. The zero-order valence-corrected chi connectivity index (χ0v) is 7.37. The summed E-state index contributed by atoms with van der Waals surface area (Å²) < 4.78 is 4.11. The van der Waals surface area contributed by atoms with Gasteiger partial charge in [-0.15, -0.1) is 0 Å². The number of carboxylic acids is 1. The maximum atomic E-state index is 9.70. The smallest absolute Gasteiger partial charge is 0.303 e. The summed E-state index contributed by atoms with van der Waals surface area (Å²) in [6, 6.07) is 0. The Morgan fingerprint density at radius 3 is 2.00 bits per heavy atom. The van der Waals surface area contributed by atoms with Gasteiger partial charge in [0, 0.05) is 13.3 Å². The molecule has 0 aromatic rings. The van der Waals surface area contributed by atoms with Gasteiger partial charge in [0.05, 0.1) is 7.11 Å². The van der Waals surface area contributed by atoms with Crippen LogP contribution < -0.4 is 5.73 Å². The van der Waals surface area contributed by atoms with Crippen molar-refractivity contribution in [3.05, 3.63) is 0 Å². The largest absolute Gasteiger partial charge is 0.481 e. The molecule has 0 aromatic carbocycles. The fourth-order valence-corrected chi connectivity index (χ4v) is 0.253. The number of carbonyl (C=O) groups is 2. The second-order valence-electron chi connectivity index (χ2n) is 1.98. The van der Waals surface area contributed by atoms with Crippen LogP contribution in [0.15, 0.2) is 0 Å². The zero-order valence-electron chi connectivity index (χ0n) is 7.37. The quantitative estimate of drug-likeness (QED) is 0.592. The number of hydrogen-bond donors (Lipinski definition) is 2. The van der Waals surface area contributed by atoms with Gasteiger partial charge >= 0.3 is 11.9 Å². The van der Waals surface area contributed by atoms with Gasteiger partial charge in [-0.05, 0) is 13.0 Å². The topological polar surface area (TPSA) is 89.6 Å². The Kier molecular flexibility index (Phi) is 11.1. The zero-order chi connectivity index (χ0) is 9.98. The Morgan fingerprint density at radius 2 is 1.92 bits per heavy atom. The first kappa shape index (κ1) is 13.5. The maximum Gasteiger partial charge on any atom is 0.303 e. The van der Waals surface area contributed by atoms with E-state index in [4.69, 9.17) is 10.8 Å². The summed E-state index contributed by atoms with van der Waals surface area (Å²) in [5, 5.41) is 7.99. The van der Waals surface area contributed by atoms with E-state index in [9.17, 15) is 9.59 Å². The molecule has 0 unspecified atom stereocenters. The minimum atomic E-state index is -0.773. The predicted molar refractivity (Wildman–Crippen MR) is 43.6 cm³/mol. The van der Waals surface area contributed by atoms with E-state index in [1.54, 1.807) is 0 Å². The van der Waals surface area contributed by atoms with Gasteiger partial charge < -0.3 is 15.6 Å². The van der Waals surface area contributed by atoms with Gasteiger partial charge in [-0.1, -0.05) is 0 Å². The van der Waals surface area contributed by atoms with Crippen LogP contribution in [0.25, 0.3) is 0 Å². The number of esters is 1. The van der Waals surface area contributed by atoms with Gasteiger partial charge in [-0.25, -0.2) is 0 Å². The molecule has 0 aliphatic rings. The third-order valence-electron chi connectivity index (χ3n) is 0.882. The van der Waals surface area contributed by atoms with Crippen LogP contribution >= 0.6 is 0 Å². The van der Waals surface area contributed by atoms with Gasteiger partial charge in [0.25, 0.3) is 0 Å². The highest BCUT2D eigenvalue weighted by Crippen LogP contribution is 1.82. The molecule has 12 heavy (non-hydrogen) atoms. The lowest BCUT2D eigenvalue weighted by Crippen LogP contribution is -2.02. The third kappa shape index (κ3) is 23.1. The lowest BCUT2D eigenvalue weighted by molar-refractivity contribution is -0.138. The molecular formula is C7H15NO4. The van der Waals surface area contributed by atoms with E-state index in [1.165, 1.54) is 14.0 Å².